The molecule has 0 amide bonds. The first-order valence-corrected chi connectivity index (χ1v) is 7.96. The lowest BCUT2D eigenvalue weighted by Gasteiger charge is -2.23. The van der Waals surface area contributed by atoms with Gasteiger partial charge in [-0.05, 0) is 12.1 Å². The van der Waals surface area contributed by atoms with Crippen molar-refractivity contribution >= 4 is 16.5 Å². The van der Waals surface area contributed by atoms with Gasteiger partial charge in [0, 0.05) is 44.0 Å². The van der Waals surface area contributed by atoms with Gasteiger partial charge in [0.25, 0.3) is 0 Å². The number of benzene rings is 1. The summed E-state index contributed by atoms with van der Waals surface area (Å²) in [5, 5.41) is 1.11. The average molecular weight is 297 g/mol. The van der Waals surface area contributed by atoms with E-state index in [-0.39, 0.29) is 0 Å². The van der Waals surface area contributed by atoms with Gasteiger partial charge >= 0.3 is 0 Å². The maximum Gasteiger partial charge on any atom is 0.185 e. The molecule has 1 aliphatic rings. The van der Waals surface area contributed by atoms with Gasteiger partial charge < -0.3 is 4.90 Å². The fourth-order valence-electron chi connectivity index (χ4n) is 2.34. The first kappa shape index (κ1) is 14.1. The van der Waals surface area contributed by atoms with E-state index in [1.165, 1.54) is 10.6 Å². The Bertz CT molecular complexity index is 664. The molecule has 1 aromatic heterocycles. The molecule has 0 unspecified atom stereocenters. The number of hydrogen-bond donors (Lipinski definition) is 0. The minimum absolute atomic E-state index is 0.823. The molecule has 0 N–H and O–H groups in total. The quantitative estimate of drug-likeness (QED) is 0.794. The predicted octanol–water partition coefficient (Wildman–Crippen LogP) is 2.62. The van der Waals surface area contributed by atoms with Crippen LogP contribution in [0.3, 0.4) is 0 Å². The highest BCUT2D eigenvalue weighted by atomic mass is 32.1. The highest BCUT2D eigenvalue weighted by Gasteiger charge is 2.20. The van der Waals surface area contributed by atoms with Crippen LogP contribution in [0.25, 0.3) is 0 Å². The van der Waals surface area contributed by atoms with E-state index in [0.29, 0.717) is 0 Å². The van der Waals surface area contributed by atoms with Gasteiger partial charge in [-0.3, -0.25) is 4.90 Å². The lowest BCUT2D eigenvalue weighted by Crippen LogP contribution is -2.30. The van der Waals surface area contributed by atoms with E-state index in [4.69, 9.17) is 4.98 Å². The summed E-state index contributed by atoms with van der Waals surface area (Å²) in [4.78, 5) is 10.6. The summed E-state index contributed by atoms with van der Waals surface area (Å²) in [6, 6.07) is 10.2. The molecule has 0 saturated heterocycles. The minimum atomic E-state index is 0.823. The van der Waals surface area contributed by atoms with Crippen molar-refractivity contribution in [3.05, 3.63) is 46.5 Å². The molecule has 1 aromatic carbocycles. The van der Waals surface area contributed by atoms with Crippen molar-refractivity contribution in [2.75, 3.05) is 32.1 Å². The fourth-order valence-corrected chi connectivity index (χ4v) is 3.41. The Kier molecular flexibility index (Phi) is 4.23. The van der Waals surface area contributed by atoms with Gasteiger partial charge in [0.15, 0.2) is 5.13 Å². The van der Waals surface area contributed by atoms with Crippen molar-refractivity contribution in [3.8, 4) is 11.8 Å². The summed E-state index contributed by atoms with van der Waals surface area (Å²) >= 11 is 1.80. The Morgan fingerprint density at radius 3 is 2.86 bits per heavy atom. The largest absolute Gasteiger partial charge is 0.354 e. The number of anilines is 1. The number of thiazole rings is 1. The molecule has 0 radical (unpaired) electrons. The molecule has 2 aromatic rings. The average Bonchev–Trinajstić information content (AvgIpc) is 2.92. The van der Waals surface area contributed by atoms with Crippen LogP contribution in [0.5, 0.6) is 0 Å². The van der Waals surface area contributed by atoms with Gasteiger partial charge in [-0.25, -0.2) is 4.98 Å². The van der Waals surface area contributed by atoms with E-state index in [9.17, 15) is 0 Å². The molecule has 0 aliphatic carbocycles. The van der Waals surface area contributed by atoms with E-state index < -0.39 is 0 Å². The highest BCUT2D eigenvalue weighted by Crippen LogP contribution is 2.29. The Balaban J connectivity index is 1.63. The zero-order chi connectivity index (χ0) is 14.7. The lowest BCUT2D eigenvalue weighted by molar-refractivity contribution is 0.288. The number of fused-ring (bicyclic) bond motifs is 1. The maximum absolute atomic E-state index is 4.69. The Morgan fingerprint density at radius 1 is 1.29 bits per heavy atom. The van der Waals surface area contributed by atoms with Crippen molar-refractivity contribution in [2.24, 2.45) is 0 Å². The molecular weight excluding hydrogens is 278 g/mol. The molecule has 3 nitrogen and oxygen atoms in total. The maximum atomic E-state index is 4.69. The molecular formula is C17H19N3S. The van der Waals surface area contributed by atoms with Gasteiger partial charge in [0.1, 0.15) is 0 Å². The molecule has 2 heterocycles. The third-order valence-electron chi connectivity index (χ3n) is 3.49. The van der Waals surface area contributed by atoms with E-state index in [1.54, 1.807) is 11.3 Å². The van der Waals surface area contributed by atoms with Gasteiger partial charge in [-0.2, -0.15) is 0 Å². The fraction of sp³-hybridized carbons (Fsp3) is 0.353. The molecule has 4 heteroatoms. The summed E-state index contributed by atoms with van der Waals surface area (Å²) in [5.74, 6) is 6.51. The zero-order valence-electron chi connectivity index (χ0n) is 12.5. The van der Waals surface area contributed by atoms with Crippen LogP contribution >= 0.6 is 11.3 Å². The Labute approximate surface area is 130 Å². The number of hydrogen-bond acceptors (Lipinski definition) is 4. The highest BCUT2D eigenvalue weighted by molar-refractivity contribution is 7.15. The predicted molar refractivity (Wildman–Crippen MR) is 88.7 cm³/mol. The second-order valence-electron chi connectivity index (χ2n) is 5.39. The van der Waals surface area contributed by atoms with Crippen LogP contribution in [-0.2, 0) is 13.0 Å². The Morgan fingerprint density at radius 2 is 2.10 bits per heavy atom. The van der Waals surface area contributed by atoms with Gasteiger partial charge in [-0.15, -0.1) is 11.3 Å². The summed E-state index contributed by atoms with van der Waals surface area (Å²) in [6.45, 7) is 2.85. The molecule has 0 atom stereocenters. The molecule has 0 spiro atoms. The van der Waals surface area contributed by atoms with Crippen molar-refractivity contribution in [3.63, 3.8) is 0 Å². The summed E-state index contributed by atoms with van der Waals surface area (Å²) in [5.41, 5.74) is 2.36. The van der Waals surface area contributed by atoms with Crippen LogP contribution in [0.2, 0.25) is 0 Å². The van der Waals surface area contributed by atoms with Crippen LogP contribution in [0.15, 0.2) is 30.3 Å². The molecule has 1 aliphatic heterocycles. The second-order valence-corrected chi connectivity index (χ2v) is 6.45. The van der Waals surface area contributed by atoms with Crippen LogP contribution in [0.1, 0.15) is 16.1 Å². The number of nitrogens with zero attached hydrogens (tertiary/aromatic N) is 3. The lowest BCUT2D eigenvalue weighted by atomic mass is 10.2. The summed E-state index contributed by atoms with van der Waals surface area (Å²) in [7, 11) is 4.10. The van der Waals surface area contributed by atoms with E-state index >= 15 is 0 Å². The van der Waals surface area contributed by atoms with Crippen LogP contribution in [0, 0.1) is 11.8 Å². The van der Waals surface area contributed by atoms with Gasteiger partial charge in [0.05, 0.1) is 12.2 Å². The van der Waals surface area contributed by atoms with Crippen LogP contribution < -0.4 is 4.90 Å². The van der Waals surface area contributed by atoms with Gasteiger partial charge in [-0.1, -0.05) is 30.0 Å². The van der Waals surface area contributed by atoms with Crippen molar-refractivity contribution < 1.29 is 0 Å². The smallest absolute Gasteiger partial charge is 0.185 e. The SMILES string of the molecule is CN(C)c1nc2c(s1)CN(CC#Cc1ccccc1)CC2. The minimum Gasteiger partial charge on any atom is -0.354 e. The second kappa shape index (κ2) is 6.30. The third kappa shape index (κ3) is 3.44. The summed E-state index contributed by atoms with van der Waals surface area (Å²) < 4.78 is 0. The van der Waals surface area contributed by atoms with E-state index in [1.807, 2.05) is 44.4 Å². The third-order valence-corrected chi connectivity index (χ3v) is 4.74. The number of rotatable bonds is 2. The standard InChI is InChI=1S/C17H19N3S/c1-19(2)17-18-15-10-12-20(13-16(15)21-17)11-6-9-14-7-4-3-5-8-14/h3-5,7-8H,10-13H2,1-2H3. The van der Waals surface area contributed by atoms with Crippen LogP contribution in [-0.4, -0.2) is 37.1 Å². The first-order valence-electron chi connectivity index (χ1n) is 7.14. The molecule has 0 bridgehead atoms. The van der Waals surface area contributed by atoms with Gasteiger partial charge in [0.2, 0.25) is 0 Å². The molecule has 108 valence electrons. The van der Waals surface area contributed by atoms with Crippen LogP contribution in [0.4, 0.5) is 5.13 Å². The van der Waals surface area contributed by atoms with E-state index in [0.717, 1.165) is 36.8 Å². The molecule has 0 saturated carbocycles. The number of aromatic nitrogens is 1. The van der Waals surface area contributed by atoms with E-state index in [2.05, 4.69) is 21.6 Å². The van der Waals surface area contributed by atoms with Crippen molar-refractivity contribution in [1.29, 1.82) is 0 Å². The molecule has 0 fully saturated rings. The zero-order valence-corrected chi connectivity index (χ0v) is 13.3. The summed E-state index contributed by atoms with van der Waals surface area (Å²) in [6.07, 6.45) is 1.03. The topological polar surface area (TPSA) is 19.4 Å². The normalized spacial score (nSPS) is 14.2. The molecule has 3 rings (SSSR count). The van der Waals surface area contributed by atoms with Crippen molar-refractivity contribution in [2.45, 2.75) is 13.0 Å². The Hall–Kier alpha value is -1.83. The van der Waals surface area contributed by atoms with Crippen molar-refractivity contribution in [1.82, 2.24) is 9.88 Å². The molecule has 21 heavy (non-hydrogen) atoms. The first-order chi connectivity index (χ1) is 10.2. The monoisotopic (exact) mass is 297 g/mol.